The highest BCUT2D eigenvalue weighted by Crippen LogP contribution is 2.35. The Morgan fingerprint density at radius 2 is 1.68 bits per heavy atom. The summed E-state index contributed by atoms with van der Waals surface area (Å²) in [6.45, 7) is 0. The minimum absolute atomic E-state index is 0. The van der Waals surface area contributed by atoms with Crippen molar-refractivity contribution in [1.82, 2.24) is 0 Å². The van der Waals surface area contributed by atoms with Gasteiger partial charge in [0, 0.05) is 24.8 Å². The first-order chi connectivity index (χ1) is 8.76. The molecule has 19 heavy (non-hydrogen) atoms. The number of hydrogen-bond donors (Lipinski definition) is 1. The van der Waals surface area contributed by atoms with Crippen molar-refractivity contribution in [3.63, 3.8) is 0 Å². The summed E-state index contributed by atoms with van der Waals surface area (Å²) < 4.78 is 10.7. The van der Waals surface area contributed by atoms with Gasteiger partial charge in [0.2, 0.25) is 0 Å². The summed E-state index contributed by atoms with van der Waals surface area (Å²) in [6.07, 6.45) is 8.47. The zero-order chi connectivity index (χ0) is 12.6. The van der Waals surface area contributed by atoms with Crippen LogP contribution in [0.3, 0.4) is 0 Å². The molecule has 0 saturated heterocycles. The number of halogens is 1. The molecular formula is C15H20ClNO2. The number of benzene rings is 1. The van der Waals surface area contributed by atoms with Gasteiger partial charge < -0.3 is 21.9 Å². The highest BCUT2D eigenvalue weighted by atomic mass is 35.5. The van der Waals surface area contributed by atoms with Gasteiger partial charge in [0.25, 0.3) is 0 Å². The van der Waals surface area contributed by atoms with Crippen LogP contribution in [-0.4, -0.2) is 26.0 Å². The Bertz CT molecular complexity index is 493. The average Bonchev–Trinajstić information content (AvgIpc) is 2.85. The topological polar surface area (TPSA) is 32.4 Å². The van der Waals surface area contributed by atoms with Crippen LogP contribution in [0.1, 0.15) is 36.8 Å². The van der Waals surface area contributed by atoms with Crippen LogP contribution in [0, 0.1) is 0 Å². The average molecular weight is 282 g/mol. The first kappa shape index (κ1) is 14.2. The van der Waals surface area contributed by atoms with E-state index in [1.807, 2.05) is 0 Å². The predicted molar refractivity (Wildman–Crippen MR) is 70.6 cm³/mol. The molecule has 3 rings (SSSR count). The SMILES string of the molecule is COc1cc2c(cc1OC)CC1(CCCC1)[NH+]=C2.[Cl-]. The van der Waals surface area contributed by atoms with Gasteiger partial charge in [-0.05, 0) is 30.5 Å². The van der Waals surface area contributed by atoms with Crippen molar-refractivity contribution in [2.45, 2.75) is 37.6 Å². The molecule has 1 spiro atoms. The molecule has 2 aliphatic rings. The van der Waals surface area contributed by atoms with Crippen molar-refractivity contribution >= 4 is 6.21 Å². The summed E-state index contributed by atoms with van der Waals surface area (Å²) in [5, 5.41) is 0. The van der Waals surface area contributed by atoms with E-state index < -0.39 is 0 Å². The van der Waals surface area contributed by atoms with Crippen molar-refractivity contribution in [2.24, 2.45) is 0 Å². The van der Waals surface area contributed by atoms with Gasteiger partial charge in [-0.1, -0.05) is 0 Å². The Balaban J connectivity index is 0.00000133. The third-order valence-electron chi connectivity index (χ3n) is 4.27. The maximum absolute atomic E-state index is 5.39. The van der Waals surface area contributed by atoms with Crippen LogP contribution >= 0.6 is 0 Å². The molecule has 0 bridgehead atoms. The van der Waals surface area contributed by atoms with Crippen LogP contribution in [0.25, 0.3) is 0 Å². The zero-order valence-electron chi connectivity index (χ0n) is 11.5. The number of nitrogens with one attached hydrogen (secondary N) is 1. The van der Waals surface area contributed by atoms with Crippen LogP contribution in [0.4, 0.5) is 0 Å². The quantitative estimate of drug-likeness (QED) is 0.685. The Kier molecular flexibility index (Phi) is 4.04. The Morgan fingerprint density at radius 1 is 1.05 bits per heavy atom. The zero-order valence-corrected chi connectivity index (χ0v) is 12.2. The van der Waals surface area contributed by atoms with Gasteiger partial charge in [-0.3, -0.25) is 0 Å². The van der Waals surface area contributed by atoms with Crippen LogP contribution in [0.2, 0.25) is 0 Å². The van der Waals surface area contributed by atoms with Gasteiger partial charge >= 0.3 is 0 Å². The third-order valence-corrected chi connectivity index (χ3v) is 4.27. The Morgan fingerprint density at radius 3 is 2.32 bits per heavy atom. The number of methoxy groups -OCH3 is 2. The van der Waals surface area contributed by atoms with Gasteiger partial charge in [-0.25, -0.2) is 4.99 Å². The highest BCUT2D eigenvalue weighted by Gasteiger charge is 2.41. The van der Waals surface area contributed by atoms with Gasteiger partial charge in [0.1, 0.15) is 0 Å². The van der Waals surface area contributed by atoms with E-state index in [0.29, 0.717) is 5.54 Å². The standard InChI is InChI=1S/C15H19NO2.ClH/c1-17-13-7-11-9-15(5-3-4-6-15)16-10-12(11)8-14(13)18-2;/h7-8,10H,3-6,9H2,1-2H3;1H. The Hall–Kier alpha value is -1.22. The molecule has 104 valence electrons. The third kappa shape index (κ3) is 2.44. The molecule has 1 N–H and O–H groups in total. The number of ether oxygens (including phenoxy) is 2. The molecule has 1 heterocycles. The van der Waals surface area contributed by atoms with E-state index in [1.165, 1.54) is 36.8 Å². The molecule has 0 amide bonds. The molecular weight excluding hydrogens is 262 g/mol. The van der Waals surface area contributed by atoms with Crippen LogP contribution in [0.5, 0.6) is 11.5 Å². The van der Waals surface area contributed by atoms with E-state index in [-0.39, 0.29) is 12.4 Å². The van der Waals surface area contributed by atoms with Gasteiger partial charge in [0.05, 0.1) is 14.2 Å². The lowest BCUT2D eigenvalue weighted by molar-refractivity contribution is -0.549. The van der Waals surface area contributed by atoms with Gasteiger partial charge in [0.15, 0.2) is 23.3 Å². The lowest BCUT2D eigenvalue weighted by Crippen LogP contribution is -3.00. The highest BCUT2D eigenvalue weighted by molar-refractivity contribution is 5.80. The molecule has 1 fully saturated rings. The van der Waals surface area contributed by atoms with Crippen LogP contribution < -0.4 is 26.9 Å². The summed E-state index contributed by atoms with van der Waals surface area (Å²) in [5.41, 5.74) is 2.89. The number of fused-ring (bicyclic) bond motifs is 1. The van der Waals surface area contributed by atoms with Crippen molar-refractivity contribution in [3.05, 3.63) is 23.3 Å². The second-order valence-electron chi connectivity index (χ2n) is 5.36. The summed E-state index contributed by atoms with van der Waals surface area (Å²) in [7, 11) is 3.37. The monoisotopic (exact) mass is 281 g/mol. The molecule has 0 unspecified atom stereocenters. The maximum atomic E-state index is 5.39. The first-order valence-corrected chi connectivity index (χ1v) is 6.62. The van der Waals surface area contributed by atoms with Crippen molar-refractivity contribution in [3.8, 4) is 11.5 Å². The summed E-state index contributed by atoms with van der Waals surface area (Å²) in [5.74, 6) is 1.64. The molecule has 0 atom stereocenters. The molecule has 0 radical (unpaired) electrons. The molecule has 4 heteroatoms. The second kappa shape index (κ2) is 5.41. The fraction of sp³-hybridized carbons (Fsp3) is 0.533. The van der Waals surface area contributed by atoms with Gasteiger partial charge in [-0.2, -0.15) is 0 Å². The number of hydrogen-bond acceptors (Lipinski definition) is 2. The van der Waals surface area contributed by atoms with Crippen molar-refractivity contribution in [2.75, 3.05) is 14.2 Å². The largest absolute Gasteiger partial charge is 1.00 e. The van der Waals surface area contributed by atoms with E-state index in [4.69, 9.17) is 9.47 Å². The maximum Gasteiger partial charge on any atom is 0.169 e. The summed E-state index contributed by atoms with van der Waals surface area (Å²) in [4.78, 5) is 3.62. The fourth-order valence-electron chi connectivity index (χ4n) is 3.24. The molecule has 1 aromatic rings. The lowest BCUT2D eigenvalue weighted by atomic mass is 9.85. The van der Waals surface area contributed by atoms with E-state index in [0.717, 1.165) is 17.9 Å². The van der Waals surface area contributed by atoms with E-state index in [9.17, 15) is 0 Å². The minimum atomic E-state index is 0. The lowest BCUT2D eigenvalue weighted by Gasteiger charge is -2.24. The van der Waals surface area contributed by atoms with Crippen molar-refractivity contribution in [1.29, 1.82) is 0 Å². The van der Waals surface area contributed by atoms with Gasteiger partial charge in [-0.15, -0.1) is 0 Å². The normalized spacial score (nSPS) is 18.8. The van der Waals surface area contributed by atoms with Crippen molar-refractivity contribution < 1.29 is 26.9 Å². The molecule has 3 nitrogen and oxygen atoms in total. The molecule has 0 aromatic heterocycles. The summed E-state index contributed by atoms with van der Waals surface area (Å²) >= 11 is 0. The van der Waals surface area contributed by atoms with Crippen LogP contribution in [0.15, 0.2) is 12.1 Å². The molecule has 1 aliphatic carbocycles. The molecule has 1 aliphatic heterocycles. The predicted octanol–water partition coefficient (Wildman–Crippen LogP) is -1.92. The molecule has 1 aromatic carbocycles. The Labute approximate surface area is 120 Å². The van der Waals surface area contributed by atoms with E-state index in [2.05, 4.69) is 23.3 Å². The smallest absolute Gasteiger partial charge is 0.169 e. The number of rotatable bonds is 2. The molecule has 1 saturated carbocycles. The fourth-order valence-corrected chi connectivity index (χ4v) is 3.24. The summed E-state index contributed by atoms with van der Waals surface area (Å²) in [6, 6.07) is 4.19. The minimum Gasteiger partial charge on any atom is -1.00 e. The first-order valence-electron chi connectivity index (χ1n) is 6.62. The van der Waals surface area contributed by atoms with Crippen LogP contribution in [-0.2, 0) is 6.42 Å². The van der Waals surface area contributed by atoms with E-state index in [1.54, 1.807) is 14.2 Å². The second-order valence-corrected chi connectivity index (χ2v) is 5.36. The van der Waals surface area contributed by atoms with E-state index >= 15 is 0 Å².